The summed E-state index contributed by atoms with van der Waals surface area (Å²) in [6.45, 7) is 4.41. The fraction of sp³-hybridized carbons (Fsp3) is 0.214. The summed E-state index contributed by atoms with van der Waals surface area (Å²) in [4.78, 5) is 27.9. The van der Waals surface area contributed by atoms with Crippen molar-refractivity contribution in [1.29, 1.82) is 0 Å². The van der Waals surface area contributed by atoms with Crippen LogP contribution in [0.4, 0.5) is 0 Å². The molecule has 1 fully saturated rings. The van der Waals surface area contributed by atoms with Gasteiger partial charge in [-0.15, -0.1) is 0 Å². The van der Waals surface area contributed by atoms with E-state index in [9.17, 15) is 14.7 Å². The molecule has 1 unspecified atom stereocenters. The Balaban J connectivity index is 1.83. The number of methoxy groups -OCH3 is 1. The van der Waals surface area contributed by atoms with Gasteiger partial charge in [-0.05, 0) is 46.9 Å². The van der Waals surface area contributed by atoms with Crippen LogP contribution >= 0.6 is 11.6 Å². The lowest BCUT2D eigenvalue weighted by atomic mass is 9.93. The summed E-state index contributed by atoms with van der Waals surface area (Å²) in [7, 11) is 1.59. The molecule has 0 aromatic heterocycles. The number of likely N-dealkylation sites (tertiary alicyclic amines) is 1. The van der Waals surface area contributed by atoms with Gasteiger partial charge in [0.2, 0.25) is 0 Å². The van der Waals surface area contributed by atoms with Gasteiger partial charge in [0, 0.05) is 17.1 Å². The van der Waals surface area contributed by atoms with E-state index in [1.807, 2.05) is 48.5 Å². The predicted octanol–water partition coefficient (Wildman–Crippen LogP) is 6.09. The quantitative estimate of drug-likeness (QED) is 0.266. The SMILES string of the molecule is COc1ccc(CN2C(=O)C(=O)/C(=C(\O)c3cccc(Cl)c3)C2c2ccc(C(C)C)cc2)cc1. The highest BCUT2D eigenvalue weighted by Gasteiger charge is 2.46. The van der Waals surface area contributed by atoms with Crippen LogP contribution in [0.5, 0.6) is 5.75 Å². The van der Waals surface area contributed by atoms with Crippen LogP contribution in [0.15, 0.2) is 78.4 Å². The summed E-state index contributed by atoms with van der Waals surface area (Å²) in [5.41, 5.74) is 3.18. The first-order valence-corrected chi connectivity index (χ1v) is 11.4. The number of rotatable bonds is 6. The molecule has 5 nitrogen and oxygen atoms in total. The molecule has 1 N–H and O–H groups in total. The molecule has 4 rings (SSSR count). The zero-order chi connectivity index (χ0) is 24.4. The number of halogens is 1. The number of amides is 1. The number of Topliss-reactive ketones (excluding diaryl/α,β-unsaturated/α-hetero) is 1. The van der Waals surface area contributed by atoms with Gasteiger partial charge in [0.25, 0.3) is 11.7 Å². The van der Waals surface area contributed by atoms with Gasteiger partial charge in [-0.1, -0.05) is 74.0 Å². The maximum atomic E-state index is 13.2. The number of carbonyl (C=O) groups excluding carboxylic acids is 2. The van der Waals surface area contributed by atoms with E-state index in [4.69, 9.17) is 16.3 Å². The maximum Gasteiger partial charge on any atom is 0.295 e. The molecule has 0 aliphatic carbocycles. The number of carbonyl (C=O) groups is 2. The van der Waals surface area contributed by atoms with Crippen molar-refractivity contribution < 1.29 is 19.4 Å². The van der Waals surface area contributed by atoms with Crippen molar-refractivity contribution >= 4 is 29.1 Å². The number of hydrogen-bond donors (Lipinski definition) is 1. The van der Waals surface area contributed by atoms with Gasteiger partial charge in [0.05, 0.1) is 18.7 Å². The van der Waals surface area contributed by atoms with E-state index in [0.29, 0.717) is 22.3 Å². The van der Waals surface area contributed by atoms with E-state index in [1.165, 1.54) is 4.90 Å². The summed E-state index contributed by atoms with van der Waals surface area (Å²) in [6, 6.07) is 21.0. The largest absolute Gasteiger partial charge is 0.507 e. The van der Waals surface area contributed by atoms with Crippen LogP contribution < -0.4 is 4.74 Å². The summed E-state index contributed by atoms with van der Waals surface area (Å²) >= 11 is 6.12. The van der Waals surface area contributed by atoms with Crippen molar-refractivity contribution in [3.63, 3.8) is 0 Å². The fourth-order valence-corrected chi connectivity index (χ4v) is 4.36. The molecular weight excluding hydrogens is 450 g/mol. The fourth-order valence-electron chi connectivity index (χ4n) is 4.17. The number of hydrogen-bond acceptors (Lipinski definition) is 4. The van der Waals surface area contributed by atoms with Gasteiger partial charge in [-0.3, -0.25) is 9.59 Å². The molecule has 1 amide bonds. The number of aliphatic hydroxyl groups excluding tert-OH is 1. The number of nitrogens with zero attached hydrogens (tertiary/aromatic N) is 1. The maximum absolute atomic E-state index is 13.2. The molecule has 1 atom stereocenters. The second-order valence-electron chi connectivity index (χ2n) is 8.61. The summed E-state index contributed by atoms with van der Waals surface area (Å²) in [5, 5.41) is 11.6. The molecule has 0 spiro atoms. The van der Waals surface area contributed by atoms with E-state index in [0.717, 1.165) is 16.7 Å². The molecule has 34 heavy (non-hydrogen) atoms. The van der Waals surface area contributed by atoms with Crippen LogP contribution in [0.3, 0.4) is 0 Å². The molecule has 1 aliphatic rings. The number of ketones is 1. The van der Waals surface area contributed by atoms with E-state index in [1.54, 1.807) is 31.4 Å². The highest BCUT2D eigenvalue weighted by atomic mass is 35.5. The molecule has 0 saturated carbocycles. The minimum absolute atomic E-state index is 0.0538. The molecule has 1 heterocycles. The Bertz CT molecular complexity index is 1250. The van der Waals surface area contributed by atoms with Gasteiger partial charge >= 0.3 is 0 Å². The van der Waals surface area contributed by atoms with E-state index in [-0.39, 0.29) is 17.9 Å². The smallest absolute Gasteiger partial charge is 0.295 e. The van der Waals surface area contributed by atoms with Crippen LogP contribution in [0, 0.1) is 0 Å². The average Bonchev–Trinajstić information content (AvgIpc) is 3.09. The van der Waals surface area contributed by atoms with Crippen molar-refractivity contribution in [2.75, 3.05) is 7.11 Å². The summed E-state index contributed by atoms with van der Waals surface area (Å²) in [5.74, 6) is -0.573. The second kappa shape index (κ2) is 9.74. The molecule has 174 valence electrons. The zero-order valence-electron chi connectivity index (χ0n) is 19.3. The Hall–Kier alpha value is -3.57. The Labute approximate surface area is 204 Å². The number of aliphatic hydroxyl groups is 1. The average molecular weight is 476 g/mol. The van der Waals surface area contributed by atoms with Crippen molar-refractivity contribution in [3.8, 4) is 5.75 Å². The van der Waals surface area contributed by atoms with Gasteiger partial charge in [-0.2, -0.15) is 0 Å². The molecule has 3 aromatic rings. The third kappa shape index (κ3) is 4.57. The third-order valence-corrected chi connectivity index (χ3v) is 6.30. The zero-order valence-corrected chi connectivity index (χ0v) is 20.0. The molecule has 1 saturated heterocycles. The van der Waals surface area contributed by atoms with Crippen LogP contribution in [-0.4, -0.2) is 28.8 Å². The molecule has 0 bridgehead atoms. The van der Waals surface area contributed by atoms with Gasteiger partial charge in [0.1, 0.15) is 11.5 Å². The van der Waals surface area contributed by atoms with Crippen LogP contribution in [-0.2, 0) is 16.1 Å². The highest BCUT2D eigenvalue weighted by molar-refractivity contribution is 6.46. The van der Waals surface area contributed by atoms with Crippen molar-refractivity contribution in [2.45, 2.75) is 32.4 Å². The lowest BCUT2D eigenvalue weighted by Crippen LogP contribution is -2.29. The first-order chi connectivity index (χ1) is 16.3. The van der Waals surface area contributed by atoms with Crippen LogP contribution in [0.1, 0.15) is 48.1 Å². The topological polar surface area (TPSA) is 66.8 Å². The normalized spacial score (nSPS) is 17.4. The highest BCUT2D eigenvalue weighted by Crippen LogP contribution is 2.41. The Kier molecular flexibility index (Phi) is 6.75. The number of benzene rings is 3. The third-order valence-electron chi connectivity index (χ3n) is 6.07. The molecule has 0 radical (unpaired) electrons. The Morgan fingerprint density at radius 2 is 1.71 bits per heavy atom. The molecular formula is C28H26ClNO4. The Morgan fingerprint density at radius 3 is 2.29 bits per heavy atom. The van der Waals surface area contributed by atoms with Crippen molar-refractivity contribution in [1.82, 2.24) is 4.90 Å². The van der Waals surface area contributed by atoms with Gasteiger partial charge in [-0.25, -0.2) is 0 Å². The van der Waals surface area contributed by atoms with Crippen LogP contribution in [0.25, 0.3) is 5.76 Å². The van der Waals surface area contributed by atoms with E-state index < -0.39 is 17.7 Å². The minimum atomic E-state index is -0.734. The van der Waals surface area contributed by atoms with Crippen molar-refractivity contribution in [3.05, 3.63) is 106 Å². The standard InChI is InChI=1S/C28H26ClNO4/c1-17(2)19-9-11-20(12-10-19)25-24(26(31)21-5-4-6-22(29)15-21)27(32)28(33)30(25)16-18-7-13-23(34-3)14-8-18/h4-15,17,25,31H,16H2,1-3H3/b26-24-. The lowest BCUT2D eigenvalue weighted by Gasteiger charge is -2.26. The monoisotopic (exact) mass is 475 g/mol. The number of ether oxygens (including phenoxy) is 1. The van der Waals surface area contributed by atoms with Crippen molar-refractivity contribution in [2.24, 2.45) is 0 Å². The van der Waals surface area contributed by atoms with E-state index in [2.05, 4.69) is 13.8 Å². The van der Waals surface area contributed by atoms with Gasteiger partial charge < -0.3 is 14.7 Å². The Morgan fingerprint density at radius 1 is 1.03 bits per heavy atom. The summed E-state index contributed by atoms with van der Waals surface area (Å²) in [6.07, 6.45) is 0. The lowest BCUT2D eigenvalue weighted by molar-refractivity contribution is -0.140. The van der Waals surface area contributed by atoms with Crippen LogP contribution in [0.2, 0.25) is 5.02 Å². The van der Waals surface area contributed by atoms with Gasteiger partial charge in [0.15, 0.2) is 0 Å². The molecule has 3 aromatic carbocycles. The minimum Gasteiger partial charge on any atom is -0.507 e. The summed E-state index contributed by atoms with van der Waals surface area (Å²) < 4.78 is 5.22. The second-order valence-corrected chi connectivity index (χ2v) is 9.04. The molecule has 6 heteroatoms. The first-order valence-electron chi connectivity index (χ1n) is 11.1. The predicted molar refractivity (Wildman–Crippen MR) is 133 cm³/mol. The van der Waals surface area contributed by atoms with E-state index >= 15 is 0 Å². The first kappa shape index (κ1) is 23.6. The molecule has 1 aliphatic heterocycles.